The fourth-order valence-corrected chi connectivity index (χ4v) is 1.59. The molecule has 1 aliphatic heterocycles. The first-order valence-electron chi connectivity index (χ1n) is 4.17. The zero-order valence-corrected chi connectivity index (χ0v) is 6.51. The van der Waals surface area contributed by atoms with Gasteiger partial charge in [-0.3, -0.25) is 0 Å². The van der Waals surface area contributed by atoms with E-state index in [9.17, 15) is 0 Å². The number of imidazole rings is 1. The Hall–Kier alpha value is -0.830. The van der Waals surface area contributed by atoms with E-state index in [2.05, 4.69) is 15.3 Å². The van der Waals surface area contributed by atoms with Gasteiger partial charge < -0.3 is 10.3 Å². The second-order valence-corrected chi connectivity index (χ2v) is 3.02. The number of piperidine rings is 1. The molecule has 11 heavy (non-hydrogen) atoms. The average Bonchev–Trinajstić information content (AvgIpc) is 2.58. The van der Waals surface area contributed by atoms with E-state index >= 15 is 0 Å². The molecule has 1 saturated heterocycles. The van der Waals surface area contributed by atoms with E-state index < -0.39 is 0 Å². The molecule has 1 fully saturated rings. The van der Waals surface area contributed by atoms with Crippen molar-refractivity contribution in [2.75, 3.05) is 13.1 Å². The van der Waals surface area contributed by atoms with Crippen LogP contribution in [0.3, 0.4) is 0 Å². The molecular weight excluding hydrogens is 138 g/mol. The number of rotatable bonds is 1. The smallest absolute Gasteiger partial charge is 0.110 e. The highest BCUT2D eigenvalue weighted by Gasteiger charge is 2.16. The Morgan fingerprint density at radius 2 is 2.55 bits per heavy atom. The molecule has 2 rings (SSSR count). The van der Waals surface area contributed by atoms with E-state index in [1.165, 1.54) is 12.8 Å². The molecule has 1 aliphatic rings. The first-order valence-corrected chi connectivity index (χ1v) is 4.17. The number of nitrogens with one attached hydrogen (secondary N) is 2. The first-order chi connectivity index (χ1) is 5.47. The van der Waals surface area contributed by atoms with Crippen molar-refractivity contribution in [1.82, 2.24) is 15.3 Å². The Labute approximate surface area is 66.2 Å². The van der Waals surface area contributed by atoms with Crippen LogP contribution in [0.25, 0.3) is 0 Å². The maximum Gasteiger partial charge on any atom is 0.110 e. The number of H-pyrrole nitrogens is 1. The summed E-state index contributed by atoms with van der Waals surface area (Å²) in [4.78, 5) is 7.40. The third kappa shape index (κ3) is 1.43. The van der Waals surface area contributed by atoms with Crippen LogP contribution in [0.2, 0.25) is 0 Å². The Balaban J connectivity index is 2.04. The van der Waals surface area contributed by atoms with Gasteiger partial charge in [-0.25, -0.2) is 4.98 Å². The summed E-state index contributed by atoms with van der Waals surface area (Å²) in [7, 11) is 0. The summed E-state index contributed by atoms with van der Waals surface area (Å²) >= 11 is 0. The van der Waals surface area contributed by atoms with E-state index in [0.717, 1.165) is 18.9 Å². The monoisotopic (exact) mass is 151 g/mol. The van der Waals surface area contributed by atoms with Gasteiger partial charge >= 0.3 is 0 Å². The molecule has 0 aliphatic carbocycles. The molecule has 0 aromatic carbocycles. The lowest BCUT2D eigenvalue weighted by Crippen LogP contribution is -2.28. The molecule has 2 heterocycles. The fraction of sp³-hybridized carbons (Fsp3) is 0.625. The highest BCUT2D eigenvalue weighted by atomic mass is 14.9. The largest absolute Gasteiger partial charge is 0.348 e. The van der Waals surface area contributed by atoms with Crippen LogP contribution in [0.15, 0.2) is 12.4 Å². The van der Waals surface area contributed by atoms with Crippen LogP contribution in [0.4, 0.5) is 0 Å². The van der Waals surface area contributed by atoms with Gasteiger partial charge in [0, 0.05) is 24.9 Å². The van der Waals surface area contributed by atoms with Gasteiger partial charge in [-0.05, 0) is 19.4 Å². The summed E-state index contributed by atoms with van der Waals surface area (Å²) in [6.45, 7) is 2.24. The first kappa shape index (κ1) is 6.85. The van der Waals surface area contributed by atoms with Crippen LogP contribution in [-0.2, 0) is 0 Å². The minimum absolute atomic E-state index is 0.610. The van der Waals surface area contributed by atoms with Gasteiger partial charge in [0.25, 0.3) is 0 Å². The van der Waals surface area contributed by atoms with Gasteiger partial charge in [0.2, 0.25) is 0 Å². The van der Waals surface area contributed by atoms with E-state index in [0.29, 0.717) is 5.92 Å². The maximum absolute atomic E-state index is 4.24. The predicted molar refractivity (Wildman–Crippen MR) is 43.4 cm³/mol. The summed E-state index contributed by atoms with van der Waals surface area (Å²) in [6.07, 6.45) is 6.25. The molecule has 60 valence electrons. The van der Waals surface area contributed by atoms with Crippen molar-refractivity contribution in [2.24, 2.45) is 0 Å². The highest BCUT2D eigenvalue weighted by Crippen LogP contribution is 2.18. The van der Waals surface area contributed by atoms with Crippen molar-refractivity contribution in [3.63, 3.8) is 0 Å². The Bertz CT molecular complexity index is 199. The number of nitrogens with zero attached hydrogens (tertiary/aromatic N) is 1. The summed E-state index contributed by atoms with van der Waals surface area (Å²) in [5, 5.41) is 3.36. The van der Waals surface area contributed by atoms with Crippen LogP contribution in [0.1, 0.15) is 24.6 Å². The van der Waals surface area contributed by atoms with Crippen molar-refractivity contribution in [3.05, 3.63) is 18.2 Å². The maximum atomic E-state index is 4.24. The number of aromatic amines is 1. The quantitative estimate of drug-likeness (QED) is 0.625. The van der Waals surface area contributed by atoms with Crippen LogP contribution < -0.4 is 5.32 Å². The van der Waals surface area contributed by atoms with Crippen molar-refractivity contribution < 1.29 is 0 Å². The van der Waals surface area contributed by atoms with Gasteiger partial charge in [0.1, 0.15) is 5.82 Å². The zero-order chi connectivity index (χ0) is 7.52. The van der Waals surface area contributed by atoms with E-state index in [-0.39, 0.29) is 0 Å². The van der Waals surface area contributed by atoms with Gasteiger partial charge in [0.15, 0.2) is 0 Å². The molecule has 1 aromatic rings. The molecule has 3 nitrogen and oxygen atoms in total. The van der Waals surface area contributed by atoms with E-state index in [1.807, 2.05) is 12.4 Å². The van der Waals surface area contributed by atoms with Crippen molar-refractivity contribution in [1.29, 1.82) is 0 Å². The molecule has 0 amide bonds. The third-order valence-electron chi connectivity index (χ3n) is 2.20. The van der Waals surface area contributed by atoms with Gasteiger partial charge in [-0.15, -0.1) is 0 Å². The lowest BCUT2D eigenvalue weighted by atomic mass is 9.99. The standard InChI is InChI=1S/C8H13N3/c1-2-7(6-9-3-1)8-10-4-5-11-8/h4-5,7,9H,1-3,6H2,(H,10,11). The SMILES string of the molecule is c1c[nH]c(C2CCCNC2)n1. The fourth-order valence-electron chi connectivity index (χ4n) is 1.59. The molecule has 0 radical (unpaired) electrons. The molecule has 3 heteroatoms. The van der Waals surface area contributed by atoms with Crippen molar-refractivity contribution in [3.8, 4) is 0 Å². The Morgan fingerprint density at radius 3 is 3.18 bits per heavy atom. The van der Waals surface area contributed by atoms with Crippen LogP contribution in [0, 0.1) is 0 Å². The van der Waals surface area contributed by atoms with Crippen molar-refractivity contribution in [2.45, 2.75) is 18.8 Å². The van der Waals surface area contributed by atoms with E-state index in [1.54, 1.807) is 0 Å². The number of hydrogen-bond donors (Lipinski definition) is 2. The van der Waals surface area contributed by atoms with Gasteiger partial charge in [-0.1, -0.05) is 0 Å². The predicted octanol–water partition coefficient (Wildman–Crippen LogP) is 0.877. The molecular formula is C8H13N3. The minimum atomic E-state index is 0.610. The van der Waals surface area contributed by atoms with Gasteiger partial charge in [0.05, 0.1) is 0 Å². The summed E-state index contributed by atoms with van der Waals surface area (Å²) in [5.41, 5.74) is 0. The normalized spacial score (nSPS) is 25.3. The molecule has 0 spiro atoms. The van der Waals surface area contributed by atoms with Crippen LogP contribution in [-0.4, -0.2) is 23.1 Å². The molecule has 2 N–H and O–H groups in total. The summed E-state index contributed by atoms with van der Waals surface area (Å²) in [6, 6.07) is 0. The molecule has 1 unspecified atom stereocenters. The van der Waals surface area contributed by atoms with Gasteiger partial charge in [-0.2, -0.15) is 0 Å². The van der Waals surface area contributed by atoms with Crippen molar-refractivity contribution >= 4 is 0 Å². The topological polar surface area (TPSA) is 40.7 Å². The average molecular weight is 151 g/mol. The molecule has 0 bridgehead atoms. The second-order valence-electron chi connectivity index (χ2n) is 3.02. The van der Waals surface area contributed by atoms with E-state index in [4.69, 9.17) is 0 Å². The minimum Gasteiger partial charge on any atom is -0.348 e. The Kier molecular flexibility index (Phi) is 1.90. The number of aromatic nitrogens is 2. The highest BCUT2D eigenvalue weighted by molar-refractivity contribution is 4.99. The third-order valence-corrected chi connectivity index (χ3v) is 2.20. The zero-order valence-electron chi connectivity index (χ0n) is 6.51. The molecule has 0 saturated carbocycles. The molecule has 1 atom stereocenters. The Morgan fingerprint density at radius 1 is 1.55 bits per heavy atom. The summed E-state index contributed by atoms with van der Waals surface area (Å²) < 4.78 is 0. The molecule has 1 aromatic heterocycles. The van der Waals surface area contributed by atoms with Crippen LogP contribution in [0.5, 0.6) is 0 Å². The second kappa shape index (κ2) is 3.05. The lowest BCUT2D eigenvalue weighted by Gasteiger charge is -2.20. The summed E-state index contributed by atoms with van der Waals surface area (Å²) in [5.74, 6) is 1.75. The number of hydrogen-bond acceptors (Lipinski definition) is 2. The lowest BCUT2D eigenvalue weighted by molar-refractivity contribution is 0.449. The van der Waals surface area contributed by atoms with Crippen LogP contribution >= 0.6 is 0 Å².